The van der Waals surface area contributed by atoms with Gasteiger partial charge in [0.25, 0.3) is 5.91 Å². The summed E-state index contributed by atoms with van der Waals surface area (Å²) < 4.78 is 0. The molecule has 1 amide bonds. The average molecular weight is 301 g/mol. The van der Waals surface area contributed by atoms with Crippen LogP contribution in [0.15, 0.2) is 12.1 Å². The van der Waals surface area contributed by atoms with E-state index in [1.807, 2.05) is 6.07 Å². The molecule has 3 N–H and O–H groups in total. The molecule has 0 fully saturated rings. The van der Waals surface area contributed by atoms with Crippen molar-refractivity contribution in [3.63, 3.8) is 0 Å². The zero-order valence-electron chi connectivity index (χ0n) is 12.7. The maximum Gasteiger partial charge on any atom is 0.255 e. The van der Waals surface area contributed by atoms with Crippen LogP contribution in [0.1, 0.15) is 54.0 Å². The zero-order valence-corrected chi connectivity index (χ0v) is 12.7. The van der Waals surface area contributed by atoms with Gasteiger partial charge in [0.05, 0.1) is 11.1 Å². The van der Waals surface area contributed by atoms with Crippen molar-refractivity contribution in [2.75, 3.05) is 0 Å². The van der Waals surface area contributed by atoms with Crippen LogP contribution in [-0.4, -0.2) is 31.6 Å². The minimum atomic E-state index is -0.785. The molecule has 1 aromatic heterocycles. The van der Waals surface area contributed by atoms with Gasteiger partial charge in [0.1, 0.15) is 5.75 Å². The predicted octanol–water partition coefficient (Wildman–Crippen LogP) is 1.45. The molecule has 0 bridgehead atoms. The van der Waals surface area contributed by atoms with E-state index < -0.39 is 5.54 Å². The van der Waals surface area contributed by atoms with Gasteiger partial charge in [-0.25, -0.2) is 0 Å². The number of aromatic hydroxyl groups is 1. The zero-order chi connectivity index (χ0) is 15.7. The number of benzene rings is 1. The first-order valence-corrected chi connectivity index (χ1v) is 7.39. The van der Waals surface area contributed by atoms with E-state index in [4.69, 9.17) is 0 Å². The number of aryl methyl sites for hydroxylation is 1. The second kappa shape index (κ2) is 5.40. The molecule has 1 heterocycles. The lowest BCUT2D eigenvalue weighted by atomic mass is 9.89. The Balaban J connectivity index is 1.87. The summed E-state index contributed by atoms with van der Waals surface area (Å²) >= 11 is 0. The Labute approximate surface area is 128 Å². The van der Waals surface area contributed by atoms with Gasteiger partial charge in [-0.05, 0) is 56.7 Å². The molecule has 1 aliphatic rings. The summed E-state index contributed by atoms with van der Waals surface area (Å²) in [6.45, 7) is 3.57. The summed E-state index contributed by atoms with van der Waals surface area (Å²) in [5.41, 5.74) is 1.54. The normalized spacial score (nSPS) is 14.5. The number of hydrogen-bond donors (Lipinski definition) is 3. The van der Waals surface area contributed by atoms with Crippen molar-refractivity contribution in [1.82, 2.24) is 25.9 Å². The monoisotopic (exact) mass is 301 g/mol. The van der Waals surface area contributed by atoms with E-state index in [1.54, 1.807) is 19.9 Å². The number of H-pyrrole nitrogens is 1. The number of carbonyl (C=O) groups excluding carboxylic acids is 1. The number of phenolic OH excluding ortho intramolecular Hbond substituents is 1. The van der Waals surface area contributed by atoms with Crippen molar-refractivity contribution in [2.45, 2.75) is 45.1 Å². The summed E-state index contributed by atoms with van der Waals surface area (Å²) in [7, 11) is 0. The SMILES string of the molecule is CC(C)(NC(=O)c1ccc2c(c1O)CCCC2)c1nn[nH]n1. The molecule has 7 heteroatoms. The molecular formula is C15H19N5O2. The molecule has 0 aliphatic heterocycles. The van der Waals surface area contributed by atoms with Crippen LogP contribution in [0.5, 0.6) is 5.75 Å². The lowest BCUT2D eigenvalue weighted by Crippen LogP contribution is -2.42. The molecule has 0 spiro atoms. The van der Waals surface area contributed by atoms with Crippen molar-refractivity contribution >= 4 is 5.91 Å². The third kappa shape index (κ3) is 2.54. The van der Waals surface area contributed by atoms with E-state index in [2.05, 4.69) is 25.9 Å². The van der Waals surface area contributed by atoms with Gasteiger partial charge < -0.3 is 10.4 Å². The molecular weight excluding hydrogens is 282 g/mol. The van der Waals surface area contributed by atoms with Crippen molar-refractivity contribution in [3.05, 3.63) is 34.6 Å². The molecule has 1 aliphatic carbocycles. The predicted molar refractivity (Wildman–Crippen MR) is 79.4 cm³/mol. The Morgan fingerprint density at radius 2 is 2.09 bits per heavy atom. The van der Waals surface area contributed by atoms with E-state index in [0.29, 0.717) is 5.82 Å². The first kappa shape index (κ1) is 14.5. The summed E-state index contributed by atoms with van der Waals surface area (Å²) in [6.07, 6.45) is 3.94. The molecule has 0 radical (unpaired) electrons. The molecule has 0 saturated carbocycles. The van der Waals surface area contributed by atoms with Crippen LogP contribution < -0.4 is 5.32 Å². The molecule has 0 unspecified atom stereocenters. The average Bonchev–Trinajstić information content (AvgIpc) is 3.02. The van der Waals surface area contributed by atoms with Crippen LogP contribution in [0.25, 0.3) is 0 Å². The molecule has 116 valence electrons. The van der Waals surface area contributed by atoms with E-state index >= 15 is 0 Å². The van der Waals surface area contributed by atoms with Gasteiger partial charge in [-0.15, -0.1) is 10.2 Å². The Hall–Kier alpha value is -2.44. The number of hydrogen-bond acceptors (Lipinski definition) is 5. The minimum absolute atomic E-state index is 0.0959. The van der Waals surface area contributed by atoms with E-state index in [1.165, 1.54) is 0 Å². The van der Waals surface area contributed by atoms with Crippen LogP contribution in [0, 0.1) is 0 Å². The molecule has 7 nitrogen and oxygen atoms in total. The van der Waals surface area contributed by atoms with Crippen LogP contribution >= 0.6 is 0 Å². The molecule has 0 atom stereocenters. The highest BCUT2D eigenvalue weighted by Crippen LogP contribution is 2.32. The van der Waals surface area contributed by atoms with Gasteiger partial charge in [0, 0.05) is 0 Å². The highest BCUT2D eigenvalue weighted by atomic mass is 16.3. The van der Waals surface area contributed by atoms with Gasteiger partial charge in [0.2, 0.25) is 0 Å². The first-order valence-electron chi connectivity index (χ1n) is 7.39. The highest BCUT2D eigenvalue weighted by Gasteiger charge is 2.29. The fraction of sp³-hybridized carbons (Fsp3) is 0.467. The molecule has 2 aromatic rings. The van der Waals surface area contributed by atoms with Crippen molar-refractivity contribution in [2.24, 2.45) is 0 Å². The number of phenols is 1. The standard InChI is InChI=1S/C15H19N5O2/c1-15(2,14-17-19-20-18-14)16-13(22)11-8-7-9-5-3-4-6-10(9)12(11)21/h7-8,21H,3-6H2,1-2H3,(H,16,22)(H,17,18,19,20). The summed E-state index contributed by atoms with van der Waals surface area (Å²) in [6, 6.07) is 3.62. The molecule has 3 rings (SSSR count). The second-order valence-electron chi connectivity index (χ2n) is 6.12. The smallest absolute Gasteiger partial charge is 0.255 e. The topological polar surface area (TPSA) is 104 Å². The highest BCUT2D eigenvalue weighted by molar-refractivity contribution is 5.97. The van der Waals surface area contributed by atoms with E-state index in [0.717, 1.165) is 36.8 Å². The number of amides is 1. The second-order valence-corrected chi connectivity index (χ2v) is 6.12. The van der Waals surface area contributed by atoms with Crippen molar-refractivity contribution < 1.29 is 9.90 Å². The summed E-state index contributed by atoms with van der Waals surface area (Å²) in [5.74, 6) is 0.137. The van der Waals surface area contributed by atoms with Gasteiger partial charge in [0.15, 0.2) is 5.82 Å². The molecule has 22 heavy (non-hydrogen) atoms. The Morgan fingerprint density at radius 1 is 1.32 bits per heavy atom. The maximum absolute atomic E-state index is 12.5. The Bertz CT molecular complexity index is 694. The van der Waals surface area contributed by atoms with Crippen molar-refractivity contribution in [1.29, 1.82) is 0 Å². The fourth-order valence-electron chi connectivity index (χ4n) is 2.83. The lowest BCUT2D eigenvalue weighted by Gasteiger charge is -2.24. The summed E-state index contributed by atoms with van der Waals surface area (Å²) in [4.78, 5) is 12.5. The van der Waals surface area contributed by atoms with E-state index in [9.17, 15) is 9.90 Å². The lowest BCUT2D eigenvalue weighted by molar-refractivity contribution is 0.0905. The third-order valence-corrected chi connectivity index (χ3v) is 4.08. The number of tetrazole rings is 1. The number of fused-ring (bicyclic) bond motifs is 1. The number of aromatic nitrogens is 4. The van der Waals surface area contributed by atoms with Gasteiger partial charge >= 0.3 is 0 Å². The van der Waals surface area contributed by atoms with Crippen molar-refractivity contribution in [3.8, 4) is 5.75 Å². The first-order chi connectivity index (χ1) is 10.5. The Morgan fingerprint density at radius 3 is 2.82 bits per heavy atom. The van der Waals surface area contributed by atoms with Crippen LogP contribution in [0.2, 0.25) is 0 Å². The molecule has 0 saturated heterocycles. The number of nitrogens with zero attached hydrogens (tertiary/aromatic N) is 3. The van der Waals surface area contributed by atoms with Crippen LogP contribution in [-0.2, 0) is 18.4 Å². The molecule has 1 aromatic carbocycles. The van der Waals surface area contributed by atoms with Crippen LogP contribution in [0.3, 0.4) is 0 Å². The Kier molecular flexibility index (Phi) is 3.56. The van der Waals surface area contributed by atoms with E-state index in [-0.39, 0.29) is 17.2 Å². The third-order valence-electron chi connectivity index (χ3n) is 4.08. The number of nitrogens with one attached hydrogen (secondary N) is 2. The number of rotatable bonds is 3. The van der Waals surface area contributed by atoms with Gasteiger partial charge in [-0.3, -0.25) is 4.79 Å². The van der Waals surface area contributed by atoms with Gasteiger partial charge in [-0.1, -0.05) is 11.3 Å². The van der Waals surface area contributed by atoms with Gasteiger partial charge in [-0.2, -0.15) is 5.21 Å². The number of aromatic amines is 1. The quantitative estimate of drug-likeness (QED) is 0.796. The maximum atomic E-state index is 12.5. The minimum Gasteiger partial charge on any atom is -0.507 e. The summed E-state index contributed by atoms with van der Waals surface area (Å²) in [5, 5.41) is 26.9. The van der Waals surface area contributed by atoms with Crippen LogP contribution in [0.4, 0.5) is 0 Å². The fourth-order valence-corrected chi connectivity index (χ4v) is 2.83. The largest absolute Gasteiger partial charge is 0.507 e. The number of carbonyl (C=O) groups is 1.